The number of thiazole rings is 1. The summed E-state index contributed by atoms with van der Waals surface area (Å²) in [5.41, 5.74) is 3.50. The van der Waals surface area contributed by atoms with Gasteiger partial charge < -0.3 is 9.73 Å². The topological polar surface area (TPSA) is 78.9 Å². The second-order valence-corrected chi connectivity index (χ2v) is 7.97. The molecule has 2 aromatic carbocycles. The van der Waals surface area contributed by atoms with E-state index in [1.54, 1.807) is 23.7 Å². The molecule has 0 unspecified atom stereocenters. The Morgan fingerprint density at radius 1 is 1.20 bits per heavy atom. The second-order valence-electron chi connectivity index (χ2n) is 7.11. The number of para-hydroxylation sites is 1. The van der Waals surface area contributed by atoms with Crippen LogP contribution in [0.25, 0.3) is 27.8 Å². The third-order valence-corrected chi connectivity index (χ3v) is 5.61. The number of nitrogens with zero attached hydrogens (tertiary/aromatic N) is 2. The van der Waals surface area contributed by atoms with Gasteiger partial charge in [0.2, 0.25) is 0 Å². The van der Waals surface area contributed by atoms with E-state index in [2.05, 4.69) is 42.4 Å². The van der Waals surface area contributed by atoms with Gasteiger partial charge in [-0.1, -0.05) is 44.2 Å². The first-order valence-corrected chi connectivity index (χ1v) is 10.4. The van der Waals surface area contributed by atoms with Crippen LogP contribution in [0.15, 0.2) is 75.4 Å². The van der Waals surface area contributed by atoms with E-state index >= 15 is 0 Å². The fourth-order valence-electron chi connectivity index (χ4n) is 3.02. The molecule has 0 radical (unpaired) electrons. The van der Waals surface area contributed by atoms with Crippen LogP contribution >= 0.6 is 11.3 Å². The molecule has 0 spiro atoms. The van der Waals surface area contributed by atoms with E-state index in [4.69, 9.17) is 4.42 Å². The minimum Gasteiger partial charge on any atom is -0.422 e. The third-order valence-electron chi connectivity index (χ3n) is 4.73. The van der Waals surface area contributed by atoms with Crippen LogP contribution in [0.1, 0.15) is 30.3 Å². The lowest BCUT2D eigenvalue weighted by molar-refractivity contribution is 0.563. The standard InChI is InChI=1S/C24H19N3O2S/c1-15(2)16-7-9-19(10-8-16)26-13-18(12-25)23-27-21(14-30-23)20-11-17-5-3-4-6-22(17)29-24(20)28/h3-11,13-15,26H,1-2H3/b18-13-. The van der Waals surface area contributed by atoms with Crippen molar-refractivity contribution in [2.75, 3.05) is 5.32 Å². The van der Waals surface area contributed by atoms with Gasteiger partial charge in [-0.25, -0.2) is 9.78 Å². The van der Waals surface area contributed by atoms with E-state index in [0.29, 0.717) is 33.3 Å². The normalized spacial score (nSPS) is 11.6. The molecule has 0 fully saturated rings. The number of hydrogen-bond donors (Lipinski definition) is 1. The summed E-state index contributed by atoms with van der Waals surface area (Å²) in [6.07, 6.45) is 1.63. The van der Waals surface area contributed by atoms with Gasteiger partial charge in [-0.05, 0) is 35.7 Å². The van der Waals surface area contributed by atoms with Gasteiger partial charge in [0, 0.05) is 22.7 Å². The number of aromatic nitrogens is 1. The second kappa shape index (κ2) is 8.36. The predicted molar refractivity (Wildman–Crippen MR) is 121 cm³/mol. The average molecular weight is 414 g/mol. The fraction of sp³-hybridized carbons (Fsp3) is 0.125. The molecule has 0 saturated carbocycles. The van der Waals surface area contributed by atoms with E-state index in [9.17, 15) is 10.1 Å². The summed E-state index contributed by atoms with van der Waals surface area (Å²) in [4.78, 5) is 16.9. The maximum Gasteiger partial charge on any atom is 0.345 e. The van der Waals surface area contributed by atoms with Crippen LogP contribution in [0.4, 0.5) is 5.69 Å². The first kappa shape index (κ1) is 19.6. The maximum atomic E-state index is 12.4. The third kappa shape index (κ3) is 4.02. The van der Waals surface area contributed by atoms with Crippen LogP contribution in [0.5, 0.6) is 0 Å². The lowest BCUT2D eigenvalue weighted by Crippen LogP contribution is -2.02. The van der Waals surface area contributed by atoms with Crippen molar-refractivity contribution < 1.29 is 4.42 Å². The number of nitriles is 1. The zero-order chi connectivity index (χ0) is 21.1. The van der Waals surface area contributed by atoms with Crippen molar-refractivity contribution in [1.82, 2.24) is 4.98 Å². The van der Waals surface area contributed by atoms with Crippen LogP contribution in [-0.4, -0.2) is 4.98 Å². The van der Waals surface area contributed by atoms with Crippen LogP contribution < -0.4 is 10.9 Å². The number of rotatable bonds is 5. The fourth-order valence-corrected chi connectivity index (χ4v) is 3.81. The van der Waals surface area contributed by atoms with E-state index in [1.165, 1.54) is 16.9 Å². The largest absolute Gasteiger partial charge is 0.422 e. The highest BCUT2D eigenvalue weighted by Gasteiger charge is 2.13. The molecule has 0 bridgehead atoms. The number of allylic oxidation sites excluding steroid dienone is 1. The summed E-state index contributed by atoms with van der Waals surface area (Å²) < 4.78 is 5.39. The molecule has 1 N–H and O–H groups in total. The highest BCUT2D eigenvalue weighted by Crippen LogP contribution is 2.26. The lowest BCUT2D eigenvalue weighted by atomic mass is 10.0. The molecule has 0 aliphatic heterocycles. The Bertz CT molecular complexity index is 1330. The minimum atomic E-state index is -0.448. The molecule has 148 valence electrons. The number of nitrogens with one attached hydrogen (secondary N) is 1. The number of fused-ring (bicyclic) bond motifs is 1. The maximum absolute atomic E-state index is 12.4. The van der Waals surface area contributed by atoms with Gasteiger partial charge in [0.1, 0.15) is 22.2 Å². The van der Waals surface area contributed by atoms with Crippen LogP contribution in [0, 0.1) is 11.3 Å². The zero-order valence-corrected chi connectivity index (χ0v) is 17.4. The first-order chi connectivity index (χ1) is 14.5. The molecule has 0 saturated heterocycles. The van der Waals surface area contributed by atoms with E-state index in [-0.39, 0.29) is 0 Å². The number of benzene rings is 2. The predicted octanol–water partition coefficient (Wildman–Crippen LogP) is 6.02. The van der Waals surface area contributed by atoms with Crippen molar-refractivity contribution in [3.63, 3.8) is 0 Å². The van der Waals surface area contributed by atoms with Crippen molar-refractivity contribution in [1.29, 1.82) is 5.26 Å². The SMILES string of the molecule is CC(C)c1ccc(N/C=C(/C#N)c2nc(-c3cc4ccccc4oc3=O)cs2)cc1. The van der Waals surface area contributed by atoms with Gasteiger partial charge in [-0.2, -0.15) is 5.26 Å². The molecule has 0 amide bonds. The van der Waals surface area contributed by atoms with Crippen molar-refractivity contribution in [3.8, 4) is 17.3 Å². The Kier molecular flexibility index (Phi) is 5.46. The molecule has 30 heavy (non-hydrogen) atoms. The van der Waals surface area contributed by atoms with Crippen molar-refractivity contribution in [2.24, 2.45) is 0 Å². The molecule has 4 aromatic rings. The molecular formula is C24H19N3O2S. The molecule has 0 aliphatic carbocycles. The molecule has 0 atom stereocenters. The van der Waals surface area contributed by atoms with Crippen LogP contribution in [0.3, 0.4) is 0 Å². The Hall–Kier alpha value is -3.69. The molecule has 2 heterocycles. The molecule has 6 heteroatoms. The van der Waals surface area contributed by atoms with Gasteiger partial charge in [0.05, 0.1) is 11.3 Å². The number of anilines is 1. The van der Waals surface area contributed by atoms with Gasteiger partial charge in [-0.3, -0.25) is 0 Å². The quantitative estimate of drug-likeness (QED) is 0.320. The van der Waals surface area contributed by atoms with Crippen LogP contribution in [0.2, 0.25) is 0 Å². The van der Waals surface area contributed by atoms with Gasteiger partial charge in [-0.15, -0.1) is 11.3 Å². The lowest BCUT2D eigenvalue weighted by Gasteiger charge is -2.06. The van der Waals surface area contributed by atoms with Gasteiger partial charge in [0.25, 0.3) is 0 Å². The van der Waals surface area contributed by atoms with E-state index < -0.39 is 5.63 Å². The Labute approximate surface area is 177 Å². The average Bonchev–Trinajstić information content (AvgIpc) is 3.24. The van der Waals surface area contributed by atoms with Gasteiger partial charge >= 0.3 is 5.63 Å². The van der Waals surface area contributed by atoms with Crippen molar-refractivity contribution in [2.45, 2.75) is 19.8 Å². The summed E-state index contributed by atoms with van der Waals surface area (Å²) >= 11 is 1.31. The van der Waals surface area contributed by atoms with Crippen LogP contribution in [-0.2, 0) is 0 Å². The summed E-state index contributed by atoms with van der Waals surface area (Å²) in [5, 5.41) is 15.8. The first-order valence-electron chi connectivity index (χ1n) is 9.51. The Morgan fingerprint density at radius 2 is 1.97 bits per heavy atom. The van der Waals surface area contributed by atoms with E-state index in [0.717, 1.165) is 11.1 Å². The van der Waals surface area contributed by atoms with Crippen molar-refractivity contribution in [3.05, 3.63) is 87.2 Å². The summed E-state index contributed by atoms with van der Waals surface area (Å²) in [5.74, 6) is 0.464. The monoisotopic (exact) mass is 413 g/mol. The molecule has 4 rings (SSSR count). The highest BCUT2D eigenvalue weighted by atomic mass is 32.1. The summed E-state index contributed by atoms with van der Waals surface area (Å²) in [6.45, 7) is 4.29. The molecular weight excluding hydrogens is 394 g/mol. The molecule has 0 aliphatic rings. The zero-order valence-electron chi connectivity index (χ0n) is 16.5. The smallest absolute Gasteiger partial charge is 0.345 e. The van der Waals surface area contributed by atoms with Crippen molar-refractivity contribution >= 4 is 33.6 Å². The summed E-state index contributed by atoms with van der Waals surface area (Å²) in [7, 11) is 0. The summed E-state index contributed by atoms with van der Waals surface area (Å²) in [6, 6.07) is 19.4. The molecule has 5 nitrogen and oxygen atoms in total. The van der Waals surface area contributed by atoms with Gasteiger partial charge in [0.15, 0.2) is 0 Å². The Balaban J connectivity index is 1.60. The van der Waals surface area contributed by atoms with E-state index in [1.807, 2.05) is 30.3 Å². The minimum absolute atomic E-state index is 0.380. The number of hydrogen-bond acceptors (Lipinski definition) is 6. The highest BCUT2D eigenvalue weighted by molar-refractivity contribution is 7.11. The molecule has 2 aromatic heterocycles. The Morgan fingerprint density at radius 3 is 2.70 bits per heavy atom.